The number of rotatable bonds is 1. The van der Waals surface area contributed by atoms with E-state index in [-0.39, 0.29) is 5.92 Å². The van der Waals surface area contributed by atoms with E-state index < -0.39 is 11.9 Å². The molecule has 5 nitrogen and oxygen atoms in total. The van der Waals surface area contributed by atoms with Crippen LogP contribution in [0, 0.1) is 18.2 Å². The van der Waals surface area contributed by atoms with Gasteiger partial charge < -0.3 is 10.0 Å². The number of piperidine rings is 1. The van der Waals surface area contributed by atoms with E-state index in [0.717, 1.165) is 0 Å². The third kappa shape index (κ3) is 2.58. The lowest BCUT2D eigenvalue weighted by atomic mass is 9.93. The second-order valence-corrected chi connectivity index (χ2v) is 5.35. The molecule has 1 amide bonds. The van der Waals surface area contributed by atoms with Crippen molar-refractivity contribution < 1.29 is 14.3 Å². The van der Waals surface area contributed by atoms with Crippen molar-refractivity contribution in [1.82, 2.24) is 15.1 Å². The van der Waals surface area contributed by atoms with Crippen molar-refractivity contribution in [2.24, 2.45) is 0 Å². The summed E-state index contributed by atoms with van der Waals surface area (Å²) < 4.78 is 14.1. The quantitative estimate of drug-likeness (QED) is 0.822. The third-order valence-corrected chi connectivity index (χ3v) is 4.02. The molecule has 0 bridgehead atoms. The van der Waals surface area contributed by atoms with E-state index in [1.54, 1.807) is 12.1 Å². The van der Waals surface area contributed by atoms with E-state index in [1.807, 2.05) is 0 Å². The second-order valence-electron chi connectivity index (χ2n) is 5.35. The monoisotopic (exact) mass is 299 g/mol. The fraction of sp³-hybridized carbons (Fsp3) is 0.312. The number of amides is 1. The maximum atomic E-state index is 14.1. The molecule has 6 heteroatoms. The van der Waals surface area contributed by atoms with Crippen LogP contribution in [0.1, 0.15) is 30.0 Å². The van der Waals surface area contributed by atoms with E-state index in [4.69, 9.17) is 11.5 Å². The normalized spacial score (nSPS) is 15.7. The van der Waals surface area contributed by atoms with Crippen LogP contribution < -0.4 is 0 Å². The molecular formula is C16H14FN3O2. The van der Waals surface area contributed by atoms with Gasteiger partial charge in [-0.3, -0.25) is 0 Å². The molecule has 2 aromatic rings. The van der Waals surface area contributed by atoms with Crippen LogP contribution in [-0.4, -0.2) is 39.4 Å². The summed E-state index contributed by atoms with van der Waals surface area (Å²) in [6.45, 7) is 0.913. The number of halogens is 1. The molecule has 3 rings (SSSR count). The number of carboxylic acid groups (broad SMARTS) is 1. The summed E-state index contributed by atoms with van der Waals surface area (Å²) in [4.78, 5) is 12.3. The number of fused-ring (bicyclic) bond motifs is 1. The van der Waals surface area contributed by atoms with E-state index in [0.29, 0.717) is 48.1 Å². The number of nitrogens with zero attached hydrogens (tertiary/aromatic N) is 3. The summed E-state index contributed by atoms with van der Waals surface area (Å²) in [7, 11) is 0. The van der Waals surface area contributed by atoms with Crippen LogP contribution in [0.25, 0.3) is 10.9 Å². The van der Waals surface area contributed by atoms with Crippen molar-refractivity contribution in [1.29, 1.82) is 0 Å². The van der Waals surface area contributed by atoms with Crippen LogP contribution in [0.15, 0.2) is 18.2 Å². The molecule has 1 aromatic carbocycles. The van der Waals surface area contributed by atoms with Crippen molar-refractivity contribution in [3.8, 4) is 12.3 Å². The minimum Gasteiger partial charge on any atom is -0.465 e. The Hall–Kier alpha value is -2.68. The van der Waals surface area contributed by atoms with Gasteiger partial charge in [-0.25, -0.2) is 9.18 Å². The summed E-state index contributed by atoms with van der Waals surface area (Å²) in [6, 6.07) is 4.63. The smallest absolute Gasteiger partial charge is 0.407 e. The molecule has 1 aliphatic heterocycles. The van der Waals surface area contributed by atoms with Gasteiger partial charge in [0.2, 0.25) is 0 Å². The van der Waals surface area contributed by atoms with Crippen LogP contribution in [0.3, 0.4) is 0 Å². The fourth-order valence-corrected chi connectivity index (χ4v) is 2.77. The summed E-state index contributed by atoms with van der Waals surface area (Å²) >= 11 is 0. The minimum atomic E-state index is -0.907. The molecule has 0 aliphatic carbocycles. The maximum Gasteiger partial charge on any atom is 0.407 e. The first kappa shape index (κ1) is 14.3. The average molecular weight is 299 g/mol. The van der Waals surface area contributed by atoms with Gasteiger partial charge in [-0.15, -0.1) is 6.42 Å². The highest BCUT2D eigenvalue weighted by molar-refractivity contribution is 5.80. The number of aromatic nitrogens is 2. The van der Waals surface area contributed by atoms with Gasteiger partial charge in [0.05, 0.1) is 11.2 Å². The molecule has 1 aromatic heterocycles. The van der Waals surface area contributed by atoms with Crippen molar-refractivity contribution in [3.63, 3.8) is 0 Å². The summed E-state index contributed by atoms with van der Waals surface area (Å²) in [5.74, 6) is 2.07. The number of terminal acetylenes is 1. The Labute approximate surface area is 126 Å². The average Bonchev–Trinajstić information content (AvgIpc) is 2.54. The van der Waals surface area contributed by atoms with Gasteiger partial charge >= 0.3 is 6.09 Å². The fourth-order valence-electron chi connectivity index (χ4n) is 2.77. The summed E-state index contributed by atoms with van der Waals surface area (Å²) in [5, 5.41) is 17.6. The summed E-state index contributed by atoms with van der Waals surface area (Å²) in [5.41, 5.74) is 1.56. The van der Waals surface area contributed by atoms with Gasteiger partial charge in [-0.1, -0.05) is 5.92 Å². The molecule has 1 saturated heterocycles. The molecule has 2 heterocycles. The molecule has 0 radical (unpaired) electrons. The number of carbonyl (C=O) groups is 1. The highest BCUT2D eigenvalue weighted by Gasteiger charge is 2.25. The Morgan fingerprint density at radius 1 is 1.32 bits per heavy atom. The molecule has 1 aliphatic rings. The predicted molar refractivity (Wildman–Crippen MR) is 79.0 cm³/mol. The highest BCUT2D eigenvalue weighted by Crippen LogP contribution is 2.28. The largest absolute Gasteiger partial charge is 0.465 e. The Kier molecular flexibility index (Phi) is 3.63. The van der Waals surface area contributed by atoms with E-state index >= 15 is 0 Å². The zero-order valence-electron chi connectivity index (χ0n) is 11.8. The highest BCUT2D eigenvalue weighted by atomic mass is 19.1. The van der Waals surface area contributed by atoms with Gasteiger partial charge in [-0.05, 0) is 31.0 Å². The number of benzene rings is 1. The lowest BCUT2D eigenvalue weighted by molar-refractivity contribution is 0.131. The van der Waals surface area contributed by atoms with Crippen molar-refractivity contribution in [2.75, 3.05) is 13.1 Å². The molecule has 1 fully saturated rings. The van der Waals surface area contributed by atoms with Gasteiger partial charge in [0, 0.05) is 30.0 Å². The number of hydrogen-bond donors (Lipinski definition) is 1. The van der Waals surface area contributed by atoms with E-state index in [2.05, 4.69) is 16.1 Å². The molecule has 0 saturated carbocycles. The third-order valence-electron chi connectivity index (χ3n) is 4.02. The van der Waals surface area contributed by atoms with Gasteiger partial charge in [0.1, 0.15) is 5.82 Å². The molecule has 0 atom stereocenters. The van der Waals surface area contributed by atoms with Crippen LogP contribution in [-0.2, 0) is 0 Å². The van der Waals surface area contributed by atoms with E-state index in [1.165, 1.54) is 11.0 Å². The van der Waals surface area contributed by atoms with Crippen LogP contribution in [0.5, 0.6) is 0 Å². The Morgan fingerprint density at radius 3 is 2.68 bits per heavy atom. The zero-order valence-corrected chi connectivity index (χ0v) is 11.8. The topological polar surface area (TPSA) is 66.3 Å². The van der Waals surface area contributed by atoms with Crippen LogP contribution in [0.2, 0.25) is 0 Å². The molecule has 112 valence electrons. The first-order valence-corrected chi connectivity index (χ1v) is 7.00. The van der Waals surface area contributed by atoms with Gasteiger partial charge in [-0.2, -0.15) is 10.2 Å². The molecule has 1 N–H and O–H groups in total. The van der Waals surface area contributed by atoms with Gasteiger partial charge in [0.15, 0.2) is 0 Å². The first-order valence-electron chi connectivity index (χ1n) is 7.00. The van der Waals surface area contributed by atoms with E-state index in [9.17, 15) is 9.18 Å². The number of hydrogen-bond acceptors (Lipinski definition) is 3. The Morgan fingerprint density at radius 2 is 2.05 bits per heavy atom. The molecular weight excluding hydrogens is 285 g/mol. The maximum absolute atomic E-state index is 14.1. The first-order chi connectivity index (χ1) is 10.6. The van der Waals surface area contributed by atoms with Crippen LogP contribution >= 0.6 is 0 Å². The van der Waals surface area contributed by atoms with Crippen LogP contribution in [0.4, 0.5) is 9.18 Å². The molecule has 0 unspecified atom stereocenters. The summed E-state index contributed by atoms with van der Waals surface area (Å²) in [6.07, 6.45) is 5.70. The minimum absolute atomic E-state index is 0.0965. The molecule has 0 spiro atoms. The molecule has 22 heavy (non-hydrogen) atoms. The van der Waals surface area contributed by atoms with Crippen molar-refractivity contribution in [2.45, 2.75) is 18.8 Å². The lowest BCUT2D eigenvalue weighted by Gasteiger charge is -2.29. The second kappa shape index (κ2) is 5.60. The Bertz CT molecular complexity index is 777. The SMILES string of the molecule is C#Cc1cc(F)c2cc(C3CCN(C(=O)O)CC3)nnc2c1. The predicted octanol–water partition coefficient (Wildman–Crippen LogP) is 2.61. The van der Waals surface area contributed by atoms with Crippen molar-refractivity contribution in [3.05, 3.63) is 35.3 Å². The van der Waals surface area contributed by atoms with Gasteiger partial charge in [0.25, 0.3) is 0 Å². The number of likely N-dealkylation sites (tertiary alicyclic amines) is 1. The standard InChI is InChI=1S/C16H14FN3O2/c1-2-10-7-13(17)12-9-14(18-19-15(12)8-10)11-3-5-20(6-4-11)16(21)22/h1,7-9,11H,3-6H2,(H,21,22). The van der Waals surface area contributed by atoms with Crippen molar-refractivity contribution >= 4 is 17.0 Å². The zero-order chi connectivity index (χ0) is 15.7. The Balaban J connectivity index is 1.89. The lowest BCUT2D eigenvalue weighted by Crippen LogP contribution is -2.37.